The Morgan fingerprint density at radius 2 is 2.05 bits per heavy atom. The Labute approximate surface area is 248 Å². The summed E-state index contributed by atoms with van der Waals surface area (Å²) in [4.78, 5) is 14.0. The first-order valence-corrected chi connectivity index (χ1v) is 15.2. The molecule has 5 fully saturated rings. The van der Waals surface area contributed by atoms with Gasteiger partial charge in [0.05, 0.1) is 5.54 Å². The van der Waals surface area contributed by atoms with Crippen LogP contribution in [0.4, 0.5) is 14.6 Å². The Morgan fingerprint density at radius 3 is 2.84 bits per heavy atom. The second kappa shape index (κ2) is 10.0. The van der Waals surface area contributed by atoms with Crippen LogP contribution in [0.1, 0.15) is 37.7 Å². The van der Waals surface area contributed by atoms with Crippen LogP contribution in [0, 0.1) is 18.2 Å². The lowest BCUT2D eigenvalue weighted by molar-refractivity contribution is 0.107. The topological polar surface area (TPSA) is 73.8 Å². The smallest absolute Gasteiger partial charge is 0.319 e. The molecule has 0 spiro atoms. The van der Waals surface area contributed by atoms with Crippen molar-refractivity contribution in [2.24, 2.45) is 0 Å². The Bertz CT molecular complexity index is 1800. The Hall–Kier alpha value is -4.00. The third-order valence-corrected chi connectivity index (χ3v) is 10.0. The normalized spacial score (nSPS) is 26.7. The molecule has 5 saturated heterocycles. The standard InChI is InChI=1S/C34H33F2N5O2/c1-2-20-5-3-6-21-13-25(42)14-28(29(20)21)26-9-10-27-31(30(26)36)38-33(39-32(27)41-18-23-7-8-24(41)16-37-23)43-19-34-11-4-12-40(34)17-22(35)15-34/h1,3,5-6,9-10,13-14,22-24,37,42H,4,7-8,11-12,15-19H2/t22-,23+,24+,34+/m1/s1. The molecule has 0 saturated carbocycles. The van der Waals surface area contributed by atoms with E-state index < -0.39 is 12.0 Å². The summed E-state index contributed by atoms with van der Waals surface area (Å²) in [7, 11) is 0. The Kier molecular flexibility index (Phi) is 6.21. The number of nitrogens with one attached hydrogen (secondary N) is 1. The number of rotatable bonds is 5. The van der Waals surface area contributed by atoms with Gasteiger partial charge in [0.2, 0.25) is 0 Å². The van der Waals surface area contributed by atoms with E-state index in [0.717, 1.165) is 50.7 Å². The molecule has 0 unspecified atom stereocenters. The predicted molar refractivity (Wildman–Crippen MR) is 163 cm³/mol. The summed E-state index contributed by atoms with van der Waals surface area (Å²) >= 11 is 0. The van der Waals surface area contributed by atoms with E-state index in [0.29, 0.717) is 46.7 Å². The number of ether oxygens (including phenoxy) is 1. The number of phenols is 1. The zero-order valence-electron chi connectivity index (χ0n) is 23.8. The fraction of sp³-hybridized carbons (Fsp3) is 0.412. The van der Waals surface area contributed by atoms with E-state index in [1.807, 2.05) is 24.3 Å². The van der Waals surface area contributed by atoms with Gasteiger partial charge in [-0.25, -0.2) is 8.78 Å². The molecule has 5 aliphatic heterocycles. The highest BCUT2D eigenvalue weighted by Gasteiger charge is 2.49. The van der Waals surface area contributed by atoms with Crippen LogP contribution in [0.3, 0.4) is 0 Å². The number of halogens is 2. The maximum atomic E-state index is 16.8. The van der Waals surface area contributed by atoms with Crippen molar-refractivity contribution in [1.82, 2.24) is 20.2 Å². The summed E-state index contributed by atoms with van der Waals surface area (Å²) in [5.41, 5.74) is 1.16. The lowest BCUT2D eigenvalue weighted by Gasteiger charge is -2.46. The van der Waals surface area contributed by atoms with Crippen LogP contribution in [0.15, 0.2) is 42.5 Å². The van der Waals surface area contributed by atoms with E-state index >= 15 is 4.39 Å². The molecule has 9 heteroatoms. The highest BCUT2D eigenvalue weighted by molar-refractivity contribution is 6.04. The maximum Gasteiger partial charge on any atom is 0.319 e. The number of alkyl halides is 1. The van der Waals surface area contributed by atoms with Crippen molar-refractivity contribution in [2.75, 3.05) is 37.7 Å². The van der Waals surface area contributed by atoms with E-state index in [-0.39, 0.29) is 41.0 Å². The molecule has 4 atom stereocenters. The minimum atomic E-state index is -0.876. The summed E-state index contributed by atoms with van der Waals surface area (Å²) in [6.45, 7) is 3.14. The molecule has 0 aliphatic carbocycles. The van der Waals surface area contributed by atoms with Crippen LogP contribution in [0.2, 0.25) is 0 Å². The minimum Gasteiger partial charge on any atom is -0.508 e. The van der Waals surface area contributed by atoms with Gasteiger partial charge in [0, 0.05) is 60.0 Å². The molecule has 3 aromatic carbocycles. The van der Waals surface area contributed by atoms with Crippen molar-refractivity contribution >= 4 is 27.5 Å². The van der Waals surface area contributed by atoms with Gasteiger partial charge in [-0.15, -0.1) is 6.42 Å². The van der Waals surface area contributed by atoms with Crippen molar-refractivity contribution in [3.8, 4) is 35.2 Å². The number of benzene rings is 3. The first kappa shape index (κ1) is 26.6. The van der Waals surface area contributed by atoms with Gasteiger partial charge in [0.15, 0.2) is 5.82 Å². The number of hydrogen-bond acceptors (Lipinski definition) is 7. The summed E-state index contributed by atoms with van der Waals surface area (Å²) in [5.74, 6) is 2.84. The SMILES string of the molecule is C#Cc1cccc2cc(O)cc(-c3ccc4c(N5C[C@@H]6CC[C@H]5CN6)nc(OC[C@@]56CCCN5C[C@H](F)C6)nc4c3F)c12. The number of hydrogen-bond donors (Lipinski definition) is 2. The van der Waals surface area contributed by atoms with E-state index in [1.54, 1.807) is 18.2 Å². The van der Waals surface area contributed by atoms with Gasteiger partial charge in [0.25, 0.3) is 0 Å². The zero-order valence-corrected chi connectivity index (χ0v) is 23.8. The van der Waals surface area contributed by atoms with Crippen LogP contribution in [-0.4, -0.2) is 76.6 Å². The molecule has 1 aromatic heterocycles. The van der Waals surface area contributed by atoms with Gasteiger partial charge < -0.3 is 20.1 Å². The number of piperazine rings is 1. The molecule has 4 aromatic rings. The van der Waals surface area contributed by atoms with Gasteiger partial charge >= 0.3 is 6.01 Å². The average molecular weight is 582 g/mol. The first-order valence-electron chi connectivity index (χ1n) is 15.2. The largest absolute Gasteiger partial charge is 0.508 e. The van der Waals surface area contributed by atoms with Gasteiger partial charge in [0.1, 0.15) is 29.9 Å². The van der Waals surface area contributed by atoms with Crippen molar-refractivity contribution in [3.63, 3.8) is 0 Å². The van der Waals surface area contributed by atoms with Gasteiger partial charge in [-0.05, 0) is 67.4 Å². The van der Waals surface area contributed by atoms with E-state index in [1.165, 1.54) is 0 Å². The quantitative estimate of drug-likeness (QED) is 0.315. The van der Waals surface area contributed by atoms with E-state index in [9.17, 15) is 9.50 Å². The van der Waals surface area contributed by atoms with Crippen molar-refractivity contribution < 1.29 is 18.6 Å². The third-order valence-electron chi connectivity index (χ3n) is 10.0. The number of fused-ring (bicyclic) bond motifs is 6. The molecule has 2 N–H and O–H groups in total. The second-order valence-electron chi connectivity index (χ2n) is 12.5. The monoisotopic (exact) mass is 581 g/mol. The van der Waals surface area contributed by atoms with Crippen LogP contribution in [-0.2, 0) is 0 Å². The number of phenolic OH excluding ortho intramolecular Hbond substituents is 1. The van der Waals surface area contributed by atoms with Crippen LogP contribution >= 0.6 is 0 Å². The van der Waals surface area contributed by atoms with Crippen molar-refractivity contribution in [1.29, 1.82) is 0 Å². The van der Waals surface area contributed by atoms with Crippen molar-refractivity contribution in [2.45, 2.75) is 55.9 Å². The molecule has 6 heterocycles. The summed E-state index contributed by atoms with van der Waals surface area (Å²) < 4.78 is 37.5. The highest BCUT2D eigenvalue weighted by atomic mass is 19.1. The molecular weight excluding hydrogens is 548 g/mol. The Morgan fingerprint density at radius 1 is 1.14 bits per heavy atom. The second-order valence-corrected chi connectivity index (χ2v) is 12.5. The number of nitrogens with zero attached hydrogens (tertiary/aromatic N) is 4. The molecule has 43 heavy (non-hydrogen) atoms. The molecule has 9 rings (SSSR count). The van der Waals surface area contributed by atoms with E-state index in [2.05, 4.69) is 26.0 Å². The highest BCUT2D eigenvalue weighted by Crippen LogP contribution is 2.42. The molecule has 5 aliphatic rings. The van der Waals surface area contributed by atoms with E-state index in [4.69, 9.17) is 16.1 Å². The van der Waals surface area contributed by atoms with Gasteiger partial charge in [-0.2, -0.15) is 9.97 Å². The fourth-order valence-corrected chi connectivity index (χ4v) is 7.98. The summed E-state index contributed by atoms with van der Waals surface area (Å²) in [6.07, 6.45) is 9.36. The number of terminal acetylenes is 1. The zero-order chi connectivity index (χ0) is 29.3. The van der Waals surface area contributed by atoms with Gasteiger partial charge in [-0.3, -0.25) is 4.90 Å². The van der Waals surface area contributed by atoms with Gasteiger partial charge in [-0.1, -0.05) is 24.1 Å². The predicted octanol–water partition coefficient (Wildman–Crippen LogP) is 5.17. The van der Waals surface area contributed by atoms with Crippen LogP contribution in [0.25, 0.3) is 32.8 Å². The minimum absolute atomic E-state index is 0.0171. The molecule has 7 nitrogen and oxygen atoms in total. The number of anilines is 1. The summed E-state index contributed by atoms with van der Waals surface area (Å²) in [5, 5.41) is 16.2. The lowest BCUT2D eigenvalue weighted by atomic mass is 9.92. The fourth-order valence-electron chi connectivity index (χ4n) is 7.98. The molecule has 2 bridgehead atoms. The Balaban J connectivity index is 1.28. The maximum absolute atomic E-state index is 16.8. The molecular formula is C34H33F2N5O2. The molecule has 0 radical (unpaired) electrons. The summed E-state index contributed by atoms with van der Waals surface area (Å²) in [6, 6.07) is 12.9. The molecule has 0 amide bonds. The average Bonchev–Trinajstić information content (AvgIpc) is 3.55. The van der Waals surface area contributed by atoms with Crippen molar-refractivity contribution in [3.05, 3.63) is 53.8 Å². The lowest BCUT2D eigenvalue weighted by Crippen LogP contribution is -2.61. The van der Waals surface area contributed by atoms with Crippen LogP contribution in [0.5, 0.6) is 11.8 Å². The number of aromatic hydroxyl groups is 1. The van der Waals surface area contributed by atoms with Crippen LogP contribution < -0.4 is 15.0 Å². The number of piperidine rings is 2. The molecule has 220 valence electrons. The first-order chi connectivity index (χ1) is 20.9. The third kappa shape index (κ3) is 4.30. The number of aromatic nitrogens is 2.